The van der Waals surface area contributed by atoms with Gasteiger partial charge in [-0.05, 0) is 65.9 Å². The van der Waals surface area contributed by atoms with Gasteiger partial charge in [-0.25, -0.2) is 8.42 Å². The van der Waals surface area contributed by atoms with Gasteiger partial charge in [-0.1, -0.05) is 15.9 Å². The number of rotatable bonds is 4. The van der Waals surface area contributed by atoms with Gasteiger partial charge in [0.05, 0.1) is 4.90 Å². The van der Waals surface area contributed by atoms with Crippen LogP contribution in [0.15, 0.2) is 32.0 Å². The predicted molar refractivity (Wildman–Crippen MR) is 87.0 cm³/mol. The van der Waals surface area contributed by atoms with Crippen molar-refractivity contribution >= 4 is 41.9 Å². The first kappa shape index (κ1) is 16.4. The van der Waals surface area contributed by atoms with Crippen molar-refractivity contribution in [1.29, 1.82) is 0 Å². The monoisotopic (exact) mass is 424 g/mol. The fraction of sp³-hybridized carbons (Fsp3) is 0.538. The highest BCUT2D eigenvalue weighted by atomic mass is 79.9. The molecule has 2 rings (SSSR count). The molecule has 1 aliphatic rings. The quantitative estimate of drug-likeness (QED) is 0.806. The van der Waals surface area contributed by atoms with Crippen molar-refractivity contribution in [2.45, 2.75) is 24.2 Å². The fourth-order valence-electron chi connectivity index (χ4n) is 2.53. The second-order valence-corrected chi connectivity index (χ2v) is 8.70. The molecular weight excluding hydrogens is 408 g/mol. The summed E-state index contributed by atoms with van der Waals surface area (Å²) in [6.45, 7) is 1.76. The van der Waals surface area contributed by atoms with Crippen molar-refractivity contribution in [1.82, 2.24) is 4.31 Å². The Kier molecular flexibility index (Phi) is 5.64. The topological polar surface area (TPSA) is 63.4 Å². The summed E-state index contributed by atoms with van der Waals surface area (Å²) in [6, 6.07) is 5.21. The number of nitrogens with two attached hydrogens (primary N) is 1. The Morgan fingerprint density at radius 3 is 2.80 bits per heavy atom. The van der Waals surface area contributed by atoms with Gasteiger partial charge in [0.15, 0.2) is 0 Å². The van der Waals surface area contributed by atoms with Crippen LogP contribution in [0.2, 0.25) is 0 Å². The third kappa shape index (κ3) is 3.62. The lowest BCUT2D eigenvalue weighted by Crippen LogP contribution is -2.40. The minimum atomic E-state index is -3.45. The van der Waals surface area contributed by atoms with Gasteiger partial charge in [0, 0.05) is 22.0 Å². The molecule has 1 saturated heterocycles. The molecule has 1 atom stereocenters. The van der Waals surface area contributed by atoms with Crippen LogP contribution in [0.1, 0.15) is 19.3 Å². The van der Waals surface area contributed by atoms with Crippen molar-refractivity contribution in [2.75, 3.05) is 19.6 Å². The molecule has 4 nitrogen and oxygen atoms in total. The minimum Gasteiger partial charge on any atom is -0.330 e. The Labute approximate surface area is 137 Å². The van der Waals surface area contributed by atoms with Crippen LogP contribution in [0, 0.1) is 5.92 Å². The number of nitrogens with zero attached hydrogens (tertiary/aromatic N) is 1. The van der Waals surface area contributed by atoms with Crippen molar-refractivity contribution in [2.24, 2.45) is 11.7 Å². The SMILES string of the molecule is NCCC1CCCN(S(=O)(=O)c2cc(Br)ccc2Br)C1. The third-order valence-corrected chi connectivity index (χ3v) is 6.92. The summed E-state index contributed by atoms with van der Waals surface area (Å²) in [5.74, 6) is 0.370. The highest BCUT2D eigenvalue weighted by Gasteiger charge is 2.31. The van der Waals surface area contributed by atoms with E-state index in [0.717, 1.165) is 23.7 Å². The molecule has 1 unspecified atom stereocenters. The van der Waals surface area contributed by atoms with E-state index in [-0.39, 0.29) is 0 Å². The lowest BCUT2D eigenvalue weighted by atomic mass is 9.96. The van der Waals surface area contributed by atoms with E-state index in [1.165, 1.54) is 0 Å². The van der Waals surface area contributed by atoms with Gasteiger partial charge in [-0.3, -0.25) is 0 Å². The molecule has 0 aliphatic carbocycles. The van der Waals surface area contributed by atoms with Crippen molar-refractivity contribution in [3.05, 3.63) is 27.1 Å². The van der Waals surface area contributed by atoms with E-state index in [1.54, 1.807) is 16.4 Å². The van der Waals surface area contributed by atoms with Crippen LogP contribution in [-0.4, -0.2) is 32.4 Å². The summed E-state index contributed by atoms with van der Waals surface area (Å²) in [5.41, 5.74) is 5.59. The molecule has 20 heavy (non-hydrogen) atoms. The van der Waals surface area contributed by atoms with Crippen molar-refractivity contribution in [3.63, 3.8) is 0 Å². The fourth-order valence-corrected chi connectivity index (χ4v) is 5.55. The van der Waals surface area contributed by atoms with E-state index in [9.17, 15) is 8.42 Å². The maximum Gasteiger partial charge on any atom is 0.244 e. The first-order valence-corrected chi connectivity index (χ1v) is 9.63. The lowest BCUT2D eigenvalue weighted by Gasteiger charge is -2.32. The standard InChI is InChI=1S/C13H18Br2N2O2S/c14-11-3-4-12(15)13(8-11)20(18,19)17-7-1-2-10(9-17)5-6-16/h3-4,8,10H,1-2,5-7,9,16H2. The molecule has 0 bridgehead atoms. The van der Waals surface area contributed by atoms with Gasteiger partial charge in [0.2, 0.25) is 10.0 Å². The number of hydrogen-bond donors (Lipinski definition) is 1. The van der Waals surface area contributed by atoms with Crippen LogP contribution >= 0.6 is 31.9 Å². The molecule has 0 aromatic heterocycles. The van der Waals surface area contributed by atoms with E-state index in [4.69, 9.17) is 5.73 Å². The van der Waals surface area contributed by atoms with Gasteiger partial charge in [-0.15, -0.1) is 0 Å². The van der Waals surface area contributed by atoms with E-state index in [0.29, 0.717) is 34.9 Å². The summed E-state index contributed by atoms with van der Waals surface area (Å²) in [5, 5.41) is 0. The Morgan fingerprint density at radius 1 is 1.35 bits per heavy atom. The highest BCUT2D eigenvalue weighted by Crippen LogP contribution is 2.31. The zero-order valence-corrected chi connectivity index (χ0v) is 15.0. The second-order valence-electron chi connectivity index (χ2n) is 5.02. The number of hydrogen-bond acceptors (Lipinski definition) is 3. The second kappa shape index (κ2) is 6.87. The summed E-state index contributed by atoms with van der Waals surface area (Å²) in [6.07, 6.45) is 2.84. The minimum absolute atomic E-state index is 0.320. The molecule has 1 aromatic rings. The Hall–Kier alpha value is 0.0500. The van der Waals surface area contributed by atoms with Gasteiger partial charge in [0.25, 0.3) is 0 Å². The van der Waals surface area contributed by atoms with Crippen LogP contribution in [-0.2, 0) is 10.0 Å². The van der Waals surface area contributed by atoms with Crippen LogP contribution in [0.5, 0.6) is 0 Å². The normalized spacial score (nSPS) is 21.1. The largest absolute Gasteiger partial charge is 0.330 e. The maximum atomic E-state index is 12.8. The van der Waals surface area contributed by atoms with E-state index in [2.05, 4.69) is 31.9 Å². The summed E-state index contributed by atoms with van der Waals surface area (Å²) >= 11 is 6.66. The van der Waals surface area contributed by atoms with Crippen molar-refractivity contribution < 1.29 is 8.42 Å². The highest BCUT2D eigenvalue weighted by molar-refractivity contribution is 9.11. The van der Waals surface area contributed by atoms with E-state index < -0.39 is 10.0 Å². The third-order valence-electron chi connectivity index (χ3n) is 3.57. The Bertz CT molecular complexity index is 576. The summed E-state index contributed by atoms with van der Waals surface area (Å²) < 4.78 is 28.5. The van der Waals surface area contributed by atoms with Gasteiger partial charge < -0.3 is 5.73 Å². The molecule has 112 valence electrons. The lowest BCUT2D eigenvalue weighted by molar-refractivity contribution is 0.258. The summed E-state index contributed by atoms with van der Waals surface area (Å²) in [7, 11) is -3.45. The molecule has 0 amide bonds. The Balaban J connectivity index is 2.27. The number of piperidine rings is 1. The van der Waals surface area contributed by atoms with Gasteiger partial charge in [0.1, 0.15) is 0 Å². The molecule has 1 aliphatic heterocycles. The first-order valence-electron chi connectivity index (χ1n) is 6.60. The first-order chi connectivity index (χ1) is 9.45. The average Bonchev–Trinajstić information content (AvgIpc) is 2.42. The molecular formula is C13H18Br2N2O2S. The van der Waals surface area contributed by atoms with Crippen LogP contribution < -0.4 is 5.73 Å². The van der Waals surface area contributed by atoms with Crippen LogP contribution in [0.25, 0.3) is 0 Å². The van der Waals surface area contributed by atoms with E-state index in [1.807, 2.05) is 6.07 Å². The number of benzene rings is 1. The Morgan fingerprint density at radius 2 is 2.10 bits per heavy atom. The zero-order valence-electron chi connectivity index (χ0n) is 11.1. The van der Waals surface area contributed by atoms with Crippen LogP contribution in [0.4, 0.5) is 0 Å². The molecule has 1 fully saturated rings. The number of sulfonamides is 1. The van der Waals surface area contributed by atoms with Gasteiger partial charge >= 0.3 is 0 Å². The molecule has 0 radical (unpaired) electrons. The molecule has 1 heterocycles. The maximum absolute atomic E-state index is 12.8. The smallest absolute Gasteiger partial charge is 0.244 e. The zero-order chi connectivity index (χ0) is 14.8. The molecule has 0 spiro atoms. The van der Waals surface area contributed by atoms with Crippen molar-refractivity contribution in [3.8, 4) is 0 Å². The molecule has 1 aromatic carbocycles. The average molecular weight is 426 g/mol. The van der Waals surface area contributed by atoms with Gasteiger partial charge in [-0.2, -0.15) is 4.31 Å². The van der Waals surface area contributed by atoms with Crippen LogP contribution in [0.3, 0.4) is 0 Å². The summed E-state index contributed by atoms with van der Waals surface area (Å²) in [4.78, 5) is 0.320. The molecule has 7 heteroatoms. The van der Waals surface area contributed by atoms with E-state index >= 15 is 0 Å². The molecule has 0 saturated carbocycles. The molecule has 2 N–H and O–H groups in total. The number of halogens is 2. The predicted octanol–water partition coefficient (Wildman–Crippen LogP) is 2.96.